The molecule has 20 heavy (non-hydrogen) atoms. The van der Waals surface area contributed by atoms with E-state index in [0.29, 0.717) is 13.2 Å². The van der Waals surface area contributed by atoms with Gasteiger partial charge >= 0.3 is 0 Å². The van der Waals surface area contributed by atoms with E-state index >= 15 is 0 Å². The van der Waals surface area contributed by atoms with Gasteiger partial charge in [0.15, 0.2) is 0 Å². The molecule has 0 spiro atoms. The molecule has 0 unspecified atom stereocenters. The van der Waals surface area contributed by atoms with Gasteiger partial charge in [0.1, 0.15) is 6.04 Å². The minimum Gasteiger partial charge on any atom is -0.375 e. The third-order valence-electron chi connectivity index (χ3n) is 3.88. The number of amides is 1. The van der Waals surface area contributed by atoms with Gasteiger partial charge in [-0.05, 0) is 44.4 Å². The van der Waals surface area contributed by atoms with E-state index < -0.39 is 0 Å². The summed E-state index contributed by atoms with van der Waals surface area (Å²) in [4.78, 5) is 12.2. The molecule has 1 heterocycles. The number of hydrogen-bond acceptors (Lipinski definition) is 3. The Morgan fingerprint density at radius 3 is 2.60 bits per heavy atom. The number of hydrogen-bond donors (Lipinski definition) is 2. The van der Waals surface area contributed by atoms with Crippen molar-refractivity contribution in [1.82, 2.24) is 10.6 Å². The lowest BCUT2D eigenvalue weighted by molar-refractivity contribution is -0.129. The fourth-order valence-electron chi connectivity index (χ4n) is 2.80. The molecule has 4 heteroatoms. The Morgan fingerprint density at radius 2 is 2.00 bits per heavy atom. The van der Waals surface area contributed by atoms with Crippen LogP contribution in [0.2, 0.25) is 0 Å². The number of rotatable bonds is 3. The predicted octanol–water partition coefficient (Wildman–Crippen LogP) is 1.60. The van der Waals surface area contributed by atoms with Gasteiger partial charge in [0.2, 0.25) is 5.91 Å². The molecule has 1 amide bonds. The molecule has 1 aromatic carbocycles. The zero-order valence-corrected chi connectivity index (χ0v) is 12.7. The zero-order chi connectivity index (χ0) is 14.7. The number of morpholine rings is 1. The second kappa shape index (κ2) is 6.37. The van der Waals surface area contributed by atoms with Crippen LogP contribution in [0.4, 0.5) is 0 Å². The summed E-state index contributed by atoms with van der Waals surface area (Å²) < 4.78 is 5.50. The fourth-order valence-corrected chi connectivity index (χ4v) is 2.80. The Morgan fingerprint density at radius 1 is 1.35 bits per heavy atom. The second-order valence-electron chi connectivity index (χ2n) is 5.60. The first-order valence-electron chi connectivity index (χ1n) is 7.18. The average Bonchev–Trinajstić information content (AvgIpc) is 2.37. The van der Waals surface area contributed by atoms with Crippen LogP contribution in [0.5, 0.6) is 0 Å². The highest BCUT2D eigenvalue weighted by Gasteiger charge is 2.28. The van der Waals surface area contributed by atoms with E-state index in [-0.39, 0.29) is 18.1 Å². The Balaban J connectivity index is 2.00. The highest BCUT2D eigenvalue weighted by atomic mass is 16.5. The van der Waals surface area contributed by atoms with Crippen molar-refractivity contribution in [2.75, 3.05) is 13.2 Å². The van der Waals surface area contributed by atoms with E-state index in [1.807, 2.05) is 6.92 Å². The summed E-state index contributed by atoms with van der Waals surface area (Å²) in [6.45, 7) is 10.2. The van der Waals surface area contributed by atoms with Crippen molar-refractivity contribution in [3.8, 4) is 0 Å². The van der Waals surface area contributed by atoms with Crippen molar-refractivity contribution in [1.29, 1.82) is 0 Å². The van der Waals surface area contributed by atoms with Crippen LogP contribution in [0.15, 0.2) is 12.1 Å². The van der Waals surface area contributed by atoms with E-state index in [2.05, 4.69) is 43.5 Å². The summed E-state index contributed by atoms with van der Waals surface area (Å²) in [5.74, 6) is 0.0107. The summed E-state index contributed by atoms with van der Waals surface area (Å²) in [5.41, 5.74) is 4.91. The third-order valence-corrected chi connectivity index (χ3v) is 3.88. The van der Waals surface area contributed by atoms with Crippen molar-refractivity contribution in [2.24, 2.45) is 0 Å². The Labute approximate surface area is 120 Å². The molecule has 110 valence electrons. The molecule has 0 radical (unpaired) electrons. The van der Waals surface area contributed by atoms with Crippen molar-refractivity contribution in [3.63, 3.8) is 0 Å². The van der Waals surface area contributed by atoms with Crippen LogP contribution in [-0.2, 0) is 16.1 Å². The van der Waals surface area contributed by atoms with Crippen molar-refractivity contribution >= 4 is 5.91 Å². The van der Waals surface area contributed by atoms with E-state index in [1.165, 1.54) is 22.3 Å². The maximum atomic E-state index is 12.2. The van der Waals surface area contributed by atoms with Crippen LogP contribution in [-0.4, -0.2) is 31.2 Å². The normalized spacial score (nSPS) is 22.6. The molecule has 2 atom stereocenters. The second-order valence-corrected chi connectivity index (χ2v) is 5.60. The Hall–Kier alpha value is -1.39. The fraction of sp³-hybridized carbons (Fsp3) is 0.562. The quantitative estimate of drug-likeness (QED) is 0.882. The molecule has 4 nitrogen and oxygen atoms in total. The summed E-state index contributed by atoms with van der Waals surface area (Å²) in [6, 6.07) is 4.05. The van der Waals surface area contributed by atoms with Gasteiger partial charge in [0.05, 0.1) is 12.7 Å². The summed E-state index contributed by atoms with van der Waals surface area (Å²) >= 11 is 0. The lowest BCUT2D eigenvalue weighted by atomic mass is 9.99. The first-order valence-corrected chi connectivity index (χ1v) is 7.18. The molecule has 2 rings (SSSR count). The van der Waals surface area contributed by atoms with Gasteiger partial charge < -0.3 is 15.4 Å². The number of carbonyl (C=O) groups is 1. The number of carbonyl (C=O) groups excluding carboxylic acids is 1. The average molecular weight is 276 g/mol. The summed E-state index contributed by atoms with van der Waals surface area (Å²) in [6.07, 6.45) is -0.0797. The molecule has 0 aliphatic carbocycles. The first-order chi connectivity index (χ1) is 9.49. The maximum absolute atomic E-state index is 12.2. The van der Waals surface area contributed by atoms with E-state index in [4.69, 9.17) is 4.74 Å². The minimum absolute atomic E-state index is 0.0107. The van der Waals surface area contributed by atoms with Crippen LogP contribution < -0.4 is 10.6 Å². The van der Waals surface area contributed by atoms with Gasteiger partial charge in [-0.25, -0.2) is 0 Å². The third kappa shape index (κ3) is 3.38. The zero-order valence-electron chi connectivity index (χ0n) is 12.7. The van der Waals surface area contributed by atoms with Gasteiger partial charge in [0.25, 0.3) is 0 Å². The lowest BCUT2D eigenvalue weighted by Crippen LogP contribution is -2.55. The lowest BCUT2D eigenvalue weighted by Gasteiger charge is -2.29. The largest absolute Gasteiger partial charge is 0.375 e. The molecule has 1 aliphatic heterocycles. The molecular weight excluding hydrogens is 252 g/mol. The van der Waals surface area contributed by atoms with Crippen LogP contribution in [0, 0.1) is 20.8 Å². The van der Waals surface area contributed by atoms with Gasteiger partial charge in [-0.15, -0.1) is 0 Å². The molecule has 0 bridgehead atoms. The van der Waals surface area contributed by atoms with Crippen molar-refractivity contribution in [3.05, 3.63) is 34.4 Å². The van der Waals surface area contributed by atoms with Gasteiger partial charge in [-0.1, -0.05) is 17.7 Å². The predicted molar refractivity (Wildman–Crippen MR) is 79.7 cm³/mol. The minimum atomic E-state index is -0.255. The Bertz CT molecular complexity index is 476. The molecule has 1 aliphatic rings. The number of nitrogens with one attached hydrogen (secondary N) is 2. The van der Waals surface area contributed by atoms with Gasteiger partial charge in [-0.3, -0.25) is 4.79 Å². The van der Waals surface area contributed by atoms with Crippen LogP contribution in [0.1, 0.15) is 29.2 Å². The summed E-state index contributed by atoms with van der Waals surface area (Å²) in [5, 5.41) is 6.22. The smallest absolute Gasteiger partial charge is 0.240 e. The van der Waals surface area contributed by atoms with Crippen molar-refractivity contribution in [2.45, 2.75) is 46.4 Å². The number of aryl methyl sites for hydroxylation is 3. The van der Waals surface area contributed by atoms with Crippen LogP contribution in [0.3, 0.4) is 0 Å². The molecule has 1 aromatic rings. The van der Waals surface area contributed by atoms with Gasteiger partial charge in [0, 0.05) is 13.1 Å². The van der Waals surface area contributed by atoms with E-state index in [0.717, 1.165) is 6.54 Å². The molecule has 0 aromatic heterocycles. The van der Waals surface area contributed by atoms with Crippen molar-refractivity contribution < 1.29 is 9.53 Å². The molecule has 0 saturated carbocycles. The molecular formula is C16H24N2O2. The maximum Gasteiger partial charge on any atom is 0.240 e. The first kappa shape index (κ1) is 15.0. The topological polar surface area (TPSA) is 50.4 Å². The van der Waals surface area contributed by atoms with E-state index in [9.17, 15) is 4.79 Å². The molecule has 1 saturated heterocycles. The highest BCUT2D eigenvalue weighted by Crippen LogP contribution is 2.16. The Kier molecular flexibility index (Phi) is 4.78. The van der Waals surface area contributed by atoms with Crippen LogP contribution in [0.25, 0.3) is 0 Å². The van der Waals surface area contributed by atoms with Gasteiger partial charge in [-0.2, -0.15) is 0 Å². The van der Waals surface area contributed by atoms with E-state index in [1.54, 1.807) is 0 Å². The standard InChI is InChI=1S/C16H24N2O2/c1-10-7-11(2)14(12(3)8-10)9-18-16(19)15-13(4)20-6-5-17-15/h7-8,13,15,17H,5-6,9H2,1-4H3,(H,18,19)/t13-,15+/m1/s1. The molecule has 1 fully saturated rings. The number of benzene rings is 1. The highest BCUT2D eigenvalue weighted by molar-refractivity contribution is 5.82. The monoisotopic (exact) mass is 276 g/mol. The number of ether oxygens (including phenoxy) is 1. The molecule has 2 N–H and O–H groups in total. The SMILES string of the molecule is Cc1cc(C)c(CNC(=O)[C@H]2NCCO[C@@H]2C)c(C)c1. The van der Waals surface area contributed by atoms with Crippen LogP contribution >= 0.6 is 0 Å². The summed E-state index contributed by atoms with van der Waals surface area (Å²) in [7, 11) is 0.